The molecule has 0 aromatic carbocycles. The van der Waals surface area contributed by atoms with Crippen molar-refractivity contribution in [1.29, 1.82) is 0 Å². The quantitative estimate of drug-likeness (QED) is 0.690. The first-order valence-corrected chi connectivity index (χ1v) is 6.36. The summed E-state index contributed by atoms with van der Waals surface area (Å²) in [6.45, 7) is 8.72. The van der Waals surface area contributed by atoms with Crippen LogP contribution in [0.25, 0.3) is 0 Å². The molecule has 3 heteroatoms. The lowest BCUT2D eigenvalue weighted by atomic mass is 10.1. The number of rotatable bonds is 8. The summed E-state index contributed by atoms with van der Waals surface area (Å²) in [7, 11) is 0. The number of nitrogens with one attached hydrogen (secondary N) is 1. The van der Waals surface area contributed by atoms with Gasteiger partial charge in [0.15, 0.2) is 5.89 Å². The minimum atomic E-state index is 0.632. The number of aromatic nitrogens is 1. The van der Waals surface area contributed by atoms with E-state index < -0.39 is 0 Å². The van der Waals surface area contributed by atoms with E-state index in [1.807, 2.05) is 6.20 Å². The molecule has 3 nitrogen and oxygen atoms in total. The Hall–Kier alpha value is -0.830. The summed E-state index contributed by atoms with van der Waals surface area (Å²) in [6, 6.07) is 0. The molecule has 0 unspecified atom stereocenters. The van der Waals surface area contributed by atoms with Crippen molar-refractivity contribution in [2.75, 3.05) is 13.1 Å². The van der Waals surface area contributed by atoms with Crippen molar-refractivity contribution >= 4 is 0 Å². The highest BCUT2D eigenvalue weighted by molar-refractivity contribution is 4.95. The fraction of sp³-hybridized carbons (Fsp3) is 0.769. The van der Waals surface area contributed by atoms with E-state index in [-0.39, 0.29) is 0 Å². The summed E-state index contributed by atoms with van der Waals surface area (Å²) in [5, 5.41) is 3.37. The Morgan fingerprint density at radius 2 is 2.19 bits per heavy atom. The predicted molar refractivity (Wildman–Crippen MR) is 66.5 cm³/mol. The molecule has 1 aromatic heterocycles. The standard InChI is InChI=1S/C13H24N2O/c1-4-7-14-8-5-6-13-15-10-12(16-13)9-11(2)3/h10-11,14H,4-9H2,1-3H3. The molecular formula is C13H24N2O. The average Bonchev–Trinajstić information content (AvgIpc) is 2.64. The molecule has 92 valence electrons. The van der Waals surface area contributed by atoms with Crippen LogP contribution in [-0.4, -0.2) is 18.1 Å². The van der Waals surface area contributed by atoms with Crippen LogP contribution in [0.4, 0.5) is 0 Å². The molecule has 0 spiro atoms. The summed E-state index contributed by atoms with van der Waals surface area (Å²) < 4.78 is 5.66. The Morgan fingerprint density at radius 1 is 1.38 bits per heavy atom. The second-order valence-electron chi connectivity index (χ2n) is 4.67. The van der Waals surface area contributed by atoms with Crippen LogP contribution in [-0.2, 0) is 12.8 Å². The molecule has 0 atom stereocenters. The lowest BCUT2D eigenvalue weighted by Crippen LogP contribution is -2.16. The average molecular weight is 224 g/mol. The van der Waals surface area contributed by atoms with Crippen LogP contribution in [0.1, 0.15) is 45.3 Å². The third kappa shape index (κ3) is 5.31. The monoisotopic (exact) mass is 224 g/mol. The number of hydrogen-bond acceptors (Lipinski definition) is 3. The van der Waals surface area contributed by atoms with E-state index in [0.29, 0.717) is 5.92 Å². The van der Waals surface area contributed by atoms with Crippen molar-refractivity contribution in [1.82, 2.24) is 10.3 Å². The summed E-state index contributed by atoms with van der Waals surface area (Å²) >= 11 is 0. The molecule has 1 aromatic rings. The summed E-state index contributed by atoms with van der Waals surface area (Å²) in [4.78, 5) is 4.29. The highest BCUT2D eigenvalue weighted by Crippen LogP contribution is 2.10. The largest absolute Gasteiger partial charge is 0.446 e. The minimum absolute atomic E-state index is 0.632. The molecule has 0 saturated carbocycles. The Labute approximate surface area is 98.6 Å². The van der Waals surface area contributed by atoms with Crippen LogP contribution in [0, 0.1) is 5.92 Å². The van der Waals surface area contributed by atoms with Crippen LogP contribution in [0.3, 0.4) is 0 Å². The molecule has 1 rings (SSSR count). The SMILES string of the molecule is CCCNCCCc1ncc(CC(C)C)o1. The number of oxazole rings is 1. The fourth-order valence-electron chi connectivity index (χ4n) is 1.63. The van der Waals surface area contributed by atoms with Gasteiger partial charge in [0, 0.05) is 12.8 Å². The van der Waals surface area contributed by atoms with Crippen molar-refractivity contribution in [2.45, 2.75) is 46.5 Å². The third-order valence-corrected chi connectivity index (χ3v) is 2.38. The second-order valence-corrected chi connectivity index (χ2v) is 4.67. The molecule has 1 N–H and O–H groups in total. The zero-order chi connectivity index (χ0) is 11.8. The van der Waals surface area contributed by atoms with Crippen molar-refractivity contribution in [3.05, 3.63) is 17.8 Å². The summed E-state index contributed by atoms with van der Waals surface area (Å²) in [5.41, 5.74) is 0. The van der Waals surface area contributed by atoms with Crippen molar-refractivity contribution < 1.29 is 4.42 Å². The van der Waals surface area contributed by atoms with Gasteiger partial charge in [-0.05, 0) is 31.8 Å². The van der Waals surface area contributed by atoms with E-state index >= 15 is 0 Å². The molecule has 0 amide bonds. The van der Waals surface area contributed by atoms with Gasteiger partial charge in [-0.1, -0.05) is 20.8 Å². The maximum absolute atomic E-state index is 5.66. The van der Waals surface area contributed by atoms with E-state index in [1.165, 1.54) is 6.42 Å². The van der Waals surface area contributed by atoms with Crippen molar-refractivity contribution in [2.24, 2.45) is 5.92 Å². The molecule has 16 heavy (non-hydrogen) atoms. The van der Waals surface area contributed by atoms with E-state index in [2.05, 4.69) is 31.1 Å². The van der Waals surface area contributed by atoms with Gasteiger partial charge < -0.3 is 9.73 Å². The maximum atomic E-state index is 5.66. The molecule has 0 bridgehead atoms. The summed E-state index contributed by atoms with van der Waals surface area (Å²) in [6.07, 6.45) is 6.09. The first-order valence-electron chi connectivity index (χ1n) is 6.36. The molecule has 0 fully saturated rings. The second kappa shape index (κ2) is 7.44. The first kappa shape index (κ1) is 13.2. The molecule has 0 aliphatic carbocycles. The zero-order valence-corrected chi connectivity index (χ0v) is 10.8. The van der Waals surface area contributed by atoms with Crippen LogP contribution in [0.15, 0.2) is 10.6 Å². The number of nitrogens with zero attached hydrogens (tertiary/aromatic N) is 1. The van der Waals surface area contributed by atoms with E-state index in [1.54, 1.807) is 0 Å². The normalized spacial score (nSPS) is 11.2. The van der Waals surface area contributed by atoms with E-state index in [4.69, 9.17) is 4.42 Å². The fourth-order valence-corrected chi connectivity index (χ4v) is 1.63. The Bertz CT molecular complexity index is 281. The smallest absolute Gasteiger partial charge is 0.194 e. The number of hydrogen-bond donors (Lipinski definition) is 1. The molecular weight excluding hydrogens is 200 g/mol. The molecule has 1 heterocycles. The van der Waals surface area contributed by atoms with Crippen LogP contribution < -0.4 is 5.32 Å². The first-order chi connectivity index (χ1) is 7.72. The van der Waals surface area contributed by atoms with Crippen LogP contribution in [0.5, 0.6) is 0 Å². The van der Waals surface area contributed by atoms with Crippen LogP contribution in [0.2, 0.25) is 0 Å². The van der Waals surface area contributed by atoms with Crippen molar-refractivity contribution in [3.63, 3.8) is 0 Å². The van der Waals surface area contributed by atoms with Gasteiger partial charge in [-0.3, -0.25) is 0 Å². The van der Waals surface area contributed by atoms with Gasteiger partial charge in [0.2, 0.25) is 0 Å². The highest BCUT2D eigenvalue weighted by atomic mass is 16.4. The third-order valence-electron chi connectivity index (χ3n) is 2.38. The topological polar surface area (TPSA) is 38.1 Å². The zero-order valence-electron chi connectivity index (χ0n) is 10.8. The van der Waals surface area contributed by atoms with Crippen LogP contribution >= 0.6 is 0 Å². The minimum Gasteiger partial charge on any atom is -0.446 e. The van der Waals surface area contributed by atoms with E-state index in [9.17, 15) is 0 Å². The summed E-state index contributed by atoms with van der Waals surface area (Å²) in [5.74, 6) is 2.53. The van der Waals surface area contributed by atoms with Gasteiger partial charge in [0.1, 0.15) is 5.76 Å². The van der Waals surface area contributed by atoms with Gasteiger partial charge in [-0.15, -0.1) is 0 Å². The van der Waals surface area contributed by atoms with Gasteiger partial charge in [-0.2, -0.15) is 0 Å². The van der Waals surface area contributed by atoms with Gasteiger partial charge in [0.05, 0.1) is 6.20 Å². The Balaban J connectivity index is 2.19. The molecule has 0 saturated heterocycles. The Morgan fingerprint density at radius 3 is 2.88 bits per heavy atom. The lowest BCUT2D eigenvalue weighted by molar-refractivity contribution is 0.426. The molecule has 0 aliphatic heterocycles. The number of aryl methyl sites for hydroxylation is 1. The Kier molecular flexibility index (Phi) is 6.16. The van der Waals surface area contributed by atoms with Gasteiger partial charge in [0.25, 0.3) is 0 Å². The molecule has 0 aliphatic rings. The van der Waals surface area contributed by atoms with Gasteiger partial charge in [-0.25, -0.2) is 4.98 Å². The highest BCUT2D eigenvalue weighted by Gasteiger charge is 2.05. The van der Waals surface area contributed by atoms with Gasteiger partial charge >= 0.3 is 0 Å². The van der Waals surface area contributed by atoms with E-state index in [0.717, 1.165) is 44.0 Å². The predicted octanol–water partition coefficient (Wildman–Crippen LogP) is 2.81. The van der Waals surface area contributed by atoms with Crippen molar-refractivity contribution in [3.8, 4) is 0 Å². The lowest BCUT2D eigenvalue weighted by Gasteiger charge is -2.01. The maximum Gasteiger partial charge on any atom is 0.194 e. The molecule has 0 radical (unpaired) electrons.